The fourth-order valence-electron chi connectivity index (χ4n) is 1.64. The van der Waals surface area contributed by atoms with E-state index in [1.165, 1.54) is 11.0 Å². The number of carbonyl (C=O) groups is 1. The molecule has 1 atom stereocenters. The van der Waals surface area contributed by atoms with Crippen LogP contribution in [0.4, 0.5) is 0 Å². The minimum absolute atomic E-state index is 0.0844. The van der Waals surface area contributed by atoms with Gasteiger partial charge in [-0.1, -0.05) is 6.07 Å². The van der Waals surface area contributed by atoms with Gasteiger partial charge in [0, 0.05) is 12.1 Å². The predicted octanol–water partition coefficient (Wildman–Crippen LogP) is 0.954. The third-order valence-corrected chi connectivity index (χ3v) is 2.54. The normalized spacial score (nSPS) is 12.2. The highest BCUT2D eigenvalue weighted by Crippen LogP contribution is 2.17. The Morgan fingerprint density at radius 3 is 2.80 bits per heavy atom. The summed E-state index contributed by atoms with van der Waals surface area (Å²) >= 11 is 0. The molecule has 106 valence electrons. The van der Waals surface area contributed by atoms with Crippen LogP contribution in [0.1, 0.15) is 20.8 Å². The zero-order valence-electron chi connectivity index (χ0n) is 11.6. The Balaban J connectivity index is 2.06. The Kier molecular flexibility index (Phi) is 4.29. The molecule has 0 aliphatic heterocycles. The van der Waals surface area contributed by atoms with E-state index in [0.29, 0.717) is 5.75 Å². The first kappa shape index (κ1) is 14.0. The molecular weight excluding hydrogens is 258 g/mol. The lowest BCUT2D eigenvalue weighted by atomic mass is 10.3. The van der Waals surface area contributed by atoms with Crippen LogP contribution in [0.15, 0.2) is 30.6 Å². The second-order valence-corrected chi connectivity index (χ2v) is 4.68. The summed E-state index contributed by atoms with van der Waals surface area (Å²) in [6.07, 6.45) is 0.926. The van der Waals surface area contributed by atoms with Gasteiger partial charge in [-0.15, -0.1) is 5.10 Å². The number of amides is 1. The van der Waals surface area contributed by atoms with Crippen LogP contribution >= 0.6 is 0 Å². The first-order valence-corrected chi connectivity index (χ1v) is 6.36. The molecule has 1 unspecified atom stereocenters. The molecule has 0 radical (unpaired) electrons. The van der Waals surface area contributed by atoms with Gasteiger partial charge in [-0.05, 0) is 43.3 Å². The molecule has 0 aliphatic carbocycles. The average Bonchev–Trinajstić information content (AvgIpc) is 2.92. The van der Waals surface area contributed by atoms with Gasteiger partial charge in [-0.25, -0.2) is 4.68 Å². The zero-order chi connectivity index (χ0) is 14.5. The number of tetrazole rings is 1. The van der Waals surface area contributed by atoms with E-state index in [4.69, 9.17) is 4.74 Å². The molecule has 1 N–H and O–H groups in total. The van der Waals surface area contributed by atoms with E-state index in [2.05, 4.69) is 20.8 Å². The maximum absolute atomic E-state index is 11.8. The molecule has 0 saturated carbocycles. The smallest absolute Gasteiger partial charge is 0.260 e. The molecule has 1 aromatic heterocycles. The maximum atomic E-state index is 11.8. The van der Waals surface area contributed by atoms with Gasteiger partial charge < -0.3 is 10.1 Å². The van der Waals surface area contributed by atoms with Gasteiger partial charge in [0.25, 0.3) is 5.91 Å². The minimum atomic E-state index is -0.568. The minimum Gasteiger partial charge on any atom is -0.481 e. The molecule has 0 fully saturated rings. The SMILES string of the molecule is CC(C)NC(=O)C(C)Oc1cccc(-n2cnnn2)c1. The fraction of sp³-hybridized carbons (Fsp3) is 0.385. The standard InChI is InChI=1S/C13H17N5O2/c1-9(2)15-13(19)10(3)20-12-6-4-5-11(7-12)18-8-14-16-17-18/h4-10H,1-3H3,(H,15,19). The quantitative estimate of drug-likeness (QED) is 0.878. The van der Waals surface area contributed by atoms with Crippen LogP contribution in [0.3, 0.4) is 0 Å². The van der Waals surface area contributed by atoms with Crippen LogP contribution in [-0.4, -0.2) is 38.3 Å². The van der Waals surface area contributed by atoms with Crippen molar-refractivity contribution in [1.82, 2.24) is 25.5 Å². The molecule has 0 saturated heterocycles. The highest BCUT2D eigenvalue weighted by Gasteiger charge is 2.15. The van der Waals surface area contributed by atoms with Crippen molar-refractivity contribution in [2.75, 3.05) is 0 Å². The number of hydrogen-bond acceptors (Lipinski definition) is 5. The summed E-state index contributed by atoms with van der Waals surface area (Å²) in [5.41, 5.74) is 0.768. The lowest BCUT2D eigenvalue weighted by molar-refractivity contribution is -0.127. The van der Waals surface area contributed by atoms with Crippen molar-refractivity contribution in [2.45, 2.75) is 32.9 Å². The molecule has 7 heteroatoms. The molecule has 1 heterocycles. The van der Waals surface area contributed by atoms with Crippen molar-refractivity contribution in [1.29, 1.82) is 0 Å². The van der Waals surface area contributed by atoms with E-state index in [1.54, 1.807) is 19.1 Å². The second kappa shape index (κ2) is 6.14. The molecule has 0 spiro atoms. The van der Waals surface area contributed by atoms with E-state index >= 15 is 0 Å². The Morgan fingerprint density at radius 2 is 2.15 bits per heavy atom. The van der Waals surface area contributed by atoms with E-state index < -0.39 is 6.10 Å². The van der Waals surface area contributed by atoms with Gasteiger partial charge in [0.05, 0.1) is 5.69 Å². The average molecular weight is 275 g/mol. The second-order valence-electron chi connectivity index (χ2n) is 4.68. The van der Waals surface area contributed by atoms with Crippen LogP contribution in [0, 0.1) is 0 Å². The number of hydrogen-bond donors (Lipinski definition) is 1. The van der Waals surface area contributed by atoms with Crippen LogP contribution < -0.4 is 10.1 Å². The highest BCUT2D eigenvalue weighted by atomic mass is 16.5. The molecule has 2 aromatic rings. The number of rotatable bonds is 5. The van der Waals surface area contributed by atoms with Crippen LogP contribution in [0.2, 0.25) is 0 Å². The third-order valence-electron chi connectivity index (χ3n) is 2.54. The monoisotopic (exact) mass is 275 g/mol. The van der Waals surface area contributed by atoms with Gasteiger partial charge in [-0.2, -0.15) is 0 Å². The van der Waals surface area contributed by atoms with Crippen LogP contribution in [0.25, 0.3) is 5.69 Å². The summed E-state index contributed by atoms with van der Waals surface area (Å²) < 4.78 is 7.14. The highest BCUT2D eigenvalue weighted by molar-refractivity contribution is 5.80. The first-order chi connectivity index (χ1) is 9.56. The van der Waals surface area contributed by atoms with Gasteiger partial charge in [0.2, 0.25) is 0 Å². The summed E-state index contributed by atoms with van der Waals surface area (Å²) in [5.74, 6) is 0.442. The van der Waals surface area contributed by atoms with Crippen molar-refractivity contribution in [3.8, 4) is 11.4 Å². The number of ether oxygens (including phenoxy) is 1. The number of nitrogens with one attached hydrogen (secondary N) is 1. The number of nitrogens with zero attached hydrogens (tertiary/aromatic N) is 4. The van der Waals surface area contributed by atoms with Crippen molar-refractivity contribution in [3.05, 3.63) is 30.6 Å². The van der Waals surface area contributed by atoms with Crippen molar-refractivity contribution in [3.63, 3.8) is 0 Å². The molecule has 20 heavy (non-hydrogen) atoms. The van der Waals surface area contributed by atoms with Gasteiger partial charge in [-0.3, -0.25) is 4.79 Å². The Bertz CT molecular complexity index is 568. The summed E-state index contributed by atoms with van der Waals surface area (Å²) in [6.45, 7) is 5.52. The first-order valence-electron chi connectivity index (χ1n) is 6.36. The van der Waals surface area contributed by atoms with Crippen LogP contribution in [0.5, 0.6) is 5.75 Å². The number of aromatic nitrogens is 4. The Labute approximate surface area is 116 Å². The maximum Gasteiger partial charge on any atom is 0.260 e. The van der Waals surface area contributed by atoms with Gasteiger partial charge in [0.15, 0.2) is 6.10 Å². The van der Waals surface area contributed by atoms with Gasteiger partial charge in [0.1, 0.15) is 12.1 Å². The van der Waals surface area contributed by atoms with Gasteiger partial charge >= 0.3 is 0 Å². The number of benzene rings is 1. The van der Waals surface area contributed by atoms with E-state index in [0.717, 1.165) is 5.69 Å². The van der Waals surface area contributed by atoms with E-state index in [-0.39, 0.29) is 11.9 Å². The molecule has 2 rings (SSSR count). The molecular formula is C13H17N5O2. The topological polar surface area (TPSA) is 81.9 Å². The Hall–Kier alpha value is -2.44. The summed E-state index contributed by atoms with van der Waals surface area (Å²) in [6, 6.07) is 7.31. The predicted molar refractivity (Wildman–Crippen MR) is 72.5 cm³/mol. The molecule has 1 aromatic carbocycles. The lowest BCUT2D eigenvalue weighted by Crippen LogP contribution is -2.40. The van der Waals surface area contributed by atoms with E-state index in [1.807, 2.05) is 26.0 Å². The third kappa shape index (κ3) is 3.53. The Morgan fingerprint density at radius 1 is 1.35 bits per heavy atom. The molecule has 0 aliphatic rings. The van der Waals surface area contributed by atoms with Crippen molar-refractivity contribution >= 4 is 5.91 Å². The molecule has 1 amide bonds. The van der Waals surface area contributed by atoms with Crippen molar-refractivity contribution in [2.24, 2.45) is 0 Å². The lowest BCUT2D eigenvalue weighted by Gasteiger charge is -2.16. The summed E-state index contributed by atoms with van der Waals surface area (Å²) in [7, 11) is 0. The molecule has 0 bridgehead atoms. The molecule has 7 nitrogen and oxygen atoms in total. The zero-order valence-corrected chi connectivity index (χ0v) is 11.6. The van der Waals surface area contributed by atoms with E-state index in [9.17, 15) is 4.79 Å². The van der Waals surface area contributed by atoms with Crippen LogP contribution in [-0.2, 0) is 4.79 Å². The number of carbonyl (C=O) groups excluding carboxylic acids is 1. The fourth-order valence-corrected chi connectivity index (χ4v) is 1.64. The van der Waals surface area contributed by atoms with Crippen molar-refractivity contribution < 1.29 is 9.53 Å². The summed E-state index contributed by atoms with van der Waals surface area (Å²) in [4.78, 5) is 11.8. The summed E-state index contributed by atoms with van der Waals surface area (Å²) in [5, 5.41) is 13.8. The largest absolute Gasteiger partial charge is 0.481 e.